The van der Waals surface area contributed by atoms with Gasteiger partial charge >= 0.3 is 0 Å². The van der Waals surface area contributed by atoms with Gasteiger partial charge in [0.25, 0.3) is 0 Å². The molecule has 0 aromatic heterocycles. The predicted molar refractivity (Wildman–Crippen MR) is 107 cm³/mol. The average Bonchev–Trinajstić information content (AvgIpc) is 2.62. The summed E-state index contributed by atoms with van der Waals surface area (Å²) >= 11 is 5.92. The zero-order chi connectivity index (χ0) is 18.4. The van der Waals surface area contributed by atoms with Crippen LogP contribution < -0.4 is 4.72 Å². The van der Waals surface area contributed by atoms with E-state index in [1.54, 1.807) is 24.3 Å². The third-order valence-electron chi connectivity index (χ3n) is 4.79. The normalized spacial score (nSPS) is 16.7. The maximum atomic E-state index is 12.3. The lowest BCUT2D eigenvalue weighted by atomic mass is 9.97. The summed E-state index contributed by atoms with van der Waals surface area (Å²) < 4.78 is 27.4. The van der Waals surface area contributed by atoms with E-state index in [9.17, 15) is 8.42 Å². The topological polar surface area (TPSA) is 49.4 Å². The number of nitrogens with one attached hydrogen (secondary N) is 1. The minimum absolute atomic E-state index is 0.0274. The Morgan fingerprint density at radius 3 is 2.38 bits per heavy atom. The first-order valence-electron chi connectivity index (χ1n) is 8.98. The molecule has 0 amide bonds. The van der Waals surface area contributed by atoms with Gasteiger partial charge in [-0.15, -0.1) is 0 Å². The highest BCUT2D eigenvalue weighted by atomic mass is 35.5. The van der Waals surface area contributed by atoms with Crippen LogP contribution in [0, 0.1) is 5.92 Å². The van der Waals surface area contributed by atoms with Crippen LogP contribution >= 0.6 is 11.6 Å². The number of rotatable bonds is 7. The highest BCUT2D eigenvalue weighted by Crippen LogP contribution is 2.19. The van der Waals surface area contributed by atoms with Crippen molar-refractivity contribution in [2.75, 3.05) is 19.6 Å². The van der Waals surface area contributed by atoms with E-state index < -0.39 is 10.0 Å². The number of hydrogen-bond acceptors (Lipinski definition) is 3. The molecule has 1 aliphatic heterocycles. The van der Waals surface area contributed by atoms with E-state index in [0.29, 0.717) is 23.0 Å². The van der Waals surface area contributed by atoms with E-state index >= 15 is 0 Å². The smallest absolute Gasteiger partial charge is 0.215 e. The molecule has 1 heterocycles. The summed E-state index contributed by atoms with van der Waals surface area (Å²) in [5.74, 6) is 0.372. The summed E-state index contributed by atoms with van der Waals surface area (Å²) in [5.41, 5.74) is 2.04. The fourth-order valence-electron chi connectivity index (χ4n) is 3.33. The monoisotopic (exact) mass is 392 g/mol. The standard InChI is InChI=1S/C20H25ClN2O2S/c21-20-8-4-7-19(13-20)16-26(24,25)22-14-17-9-11-23(12-10-17)15-18-5-2-1-3-6-18/h1-8,13,17,22H,9-12,14-16H2. The van der Waals surface area contributed by atoms with Crippen LogP contribution in [0.25, 0.3) is 0 Å². The van der Waals surface area contributed by atoms with Crippen LogP contribution in [0.15, 0.2) is 54.6 Å². The molecule has 0 saturated carbocycles. The Morgan fingerprint density at radius 2 is 1.69 bits per heavy atom. The van der Waals surface area contributed by atoms with Gasteiger partial charge in [0.05, 0.1) is 5.75 Å². The van der Waals surface area contributed by atoms with Crippen molar-refractivity contribution in [1.29, 1.82) is 0 Å². The molecule has 1 saturated heterocycles. The van der Waals surface area contributed by atoms with Crippen molar-refractivity contribution in [2.24, 2.45) is 5.92 Å². The zero-order valence-electron chi connectivity index (χ0n) is 14.8. The van der Waals surface area contributed by atoms with Gasteiger partial charge in [0.2, 0.25) is 10.0 Å². The Balaban J connectivity index is 1.43. The SMILES string of the molecule is O=S(=O)(Cc1cccc(Cl)c1)NCC1CCN(Cc2ccccc2)CC1. The lowest BCUT2D eigenvalue weighted by molar-refractivity contribution is 0.178. The van der Waals surface area contributed by atoms with Crippen molar-refractivity contribution >= 4 is 21.6 Å². The maximum Gasteiger partial charge on any atom is 0.215 e. The maximum absolute atomic E-state index is 12.3. The van der Waals surface area contributed by atoms with Crippen molar-refractivity contribution in [2.45, 2.75) is 25.1 Å². The molecule has 140 valence electrons. The second kappa shape index (κ2) is 9.00. The van der Waals surface area contributed by atoms with Gasteiger partial charge in [0.1, 0.15) is 0 Å². The van der Waals surface area contributed by atoms with Gasteiger partial charge in [-0.2, -0.15) is 0 Å². The lowest BCUT2D eigenvalue weighted by Gasteiger charge is -2.32. The second-order valence-corrected chi connectivity index (χ2v) is 9.19. The molecule has 2 aromatic carbocycles. The summed E-state index contributed by atoms with van der Waals surface area (Å²) in [6.45, 7) is 3.50. The summed E-state index contributed by atoms with van der Waals surface area (Å²) in [6.07, 6.45) is 2.04. The molecule has 4 nitrogen and oxygen atoms in total. The van der Waals surface area contributed by atoms with E-state index in [1.165, 1.54) is 5.56 Å². The Hall–Kier alpha value is -1.40. The molecule has 0 unspecified atom stereocenters. The highest BCUT2D eigenvalue weighted by molar-refractivity contribution is 7.88. The number of hydrogen-bond donors (Lipinski definition) is 1. The molecule has 1 fully saturated rings. The van der Waals surface area contributed by atoms with Crippen LogP contribution in [0.5, 0.6) is 0 Å². The number of likely N-dealkylation sites (tertiary alicyclic amines) is 1. The number of sulfonamides is 1. The number of benzene rings is 2. The van der Waals surface area contributed by atoms with Gasteiger partial charge in [0, 0.05) is 18.1 Å². The molecular formula is C20H25ClN2O2S. The second-order valence-electron chi connectivity index (χ2n) is 6.94. The summed E-state index contributed by atoms with van der Waals surface area (Å²) in [5, 5.41) is 0.559. The molecule has 0 bridgehead atoms. The number of halogens is 1. The van der Waals surface area contributed by atoms with Crippen molar-refractivity contribution in [3.8, 4) is 0 Å². The minimum Gasteiger partial charge on any atom is -0.299 e. The quantitative estimate of drug-likeness (QED) is 0.782. The fraction of sp³-hybridized carbons (Fsp3) is 0.400. The van der Waals surface area contributed by atoms with Crippen LogP contribution in [0.1, 0.15) is 24.0 Å². The molecule has 1 aliphatic rings. The minimum atomic E-state index is -3.34. The molecule has 2 aromatic rings. The Labute approximate surface area is 161 Å². The van der Waals surface area contributed by atoms with Crippen molar-refractivity contribution in [3.63, 3.8) is 0 Å². The largest absolute Gasteiger partial charge is 0.299 e. The molecule has 6 heteroatoms. The molecule has 0 aliphatic carbocycles. The van der Waals surface area contributed by atoms with Gasteiger partial charge in [0.15, 0.2) is 0 Å². The highest BCUT2D eigenvalue weighted by Gasteiger charge is 2.21. The molecular weight excluding hydrogens is 368 g/mol. The van der Waals surface area contributed by atoms with Gasteiger partial charge in [-0.3, -0.25) is 4.90 Å². The van der Waals surface area contributed by atoms with Crippen LogP contribution in [0.3, 0.4) is 0 Å². The molecule has 1 N–H and O–H groups in total. The number of piperidine rings is 1. The fourth-order valence-corrected chi connectivity index (χ4v) is 4.76. The van der Waals surface area contributed by atoms with Crippen molar-refractivity contribution in [3.05, 3.63) is 70.7 Å². The van der Waals surface area contributed by atoms with E-state index in [2.05, 4.69) is 33.9 Å². The van der Waals surface area contributed by atoms with E-state index in [-0.39, 0.29) is 5.75 Å². The van der Waals surface area contributed by atoms with Gasteiger partial charge in [-0.25, -0.2) is 13.1 Å². The third-order valence-corrected chi connectivity index (χ3v) is 6.35. The first-order valence-corrected chi connectivity index (χ1v) is 11.0. The Morgan fingerprint density at radius 1 is 1.00 bits per heavy atom. The van der Waals surface area contributed by atoms with Crippen LogP contribution in [-0.4, -0.2) is 33.0 Å². The number of nitrogens with zero attached hydrogens (tertiary/aromatic N) is 1. The first kappa shape index (κ1) is 19.4. The Kier molecular flexibility index (Phi) is 6.70. The van der Waals surface area contributed by atoms with Crippen LogP contribution in [0.2, 0.25) is 5.02 Å². The molecule has 26 heavy (non-hydrogen) atoms. The average molecular weight is 393 g/mol. The first-order chi connectivity index (χ1) is 12.5. The summed E-state index contributed by atoms with van der Waals surface area (Å²) in [7, 11) is -3.34. The van der Waals surface area contributed by atoms with Crippen molar-refractivity contribution in [1.82, 2.24) is 9.62 Å². The van der Waals surface area contributed by atoms with E-state index in [0.717, 1.165) is 32.5 Å². The summed E-state index contributed by atoms with van der Waals surface area (Å²) in [4.78, 5) is 2.44. The molecule has 0 atom stereocenters. The lowest BCUT2D eigenvalue weighted by Crippen LogP contribution is -2.38. The van der Waals surface area contributed by atoms with Gasteiger partial charge in [-0.1, -0.05) is 54.1 Å². The predicted octanol–water partition coefficient (Wildman–Crippen LogP) is 3.67. The van der Waals surface area contributed by atoms with Crippen LogP contribution in [-0.2, 0) is 22.3 Å². The van der Waals surface area contributed by atoms with Gasteiger partial charge < -0.3 is 0 Å². The Bertz CT molecular complexity index is 804. The van der Waals surface area contributed by atoms with E-state index in [4.69, 9.17) is 11.6 Å². The summed E-state index contributed by atoms with van der Waals surface area (Å²) in [6, 6.07) is 17.5. The molecule has 0 spiro atoms. The van der Waals surface area contributed by atoms with E-state index in [1.807, 2.05) is 6.07 Å². The van der Waals surface area contributed by atoms with Crippen molar-refractivity contribution < 1.29 is 8.42 Å². The molecule has 0 radical (unpaired) electrons. The molecule has 3 rings (SSSR count). The zero-order valence-corrected chi connectivity index (χ0v) is 16.3. The van der Waals surface area contributed by atoms with Gasteiger partial charge in [-0.05, 0) is 55.1 Å². The third kappa shape index (κ3) is 6.09. The van der Waals surface area contributed by atoms with Crippen LogP contribution in [0.4, 0.5) is 0 Å².